The number of piperidine rings is 1. The van der Waals surface area contributed by atoms with E-state index in [2.05, 4.69) is 17.1 Å². The third kappa shape index (κ3) is 4.21. The van der Waals surface area contributed by atoms with Crippen LogP contribution in [0.5, 0.6) is 0 Å². The van der Waals surface area contributed by atoms with Crippen LogP contribution in [0.4, 0.5) is 10.1 Å². The van der Waals surface area contributed by atoms with Gasteiger partial charge in [0.15, 0.2) is 0 Å². The average molecular weight is 275 g/mol. The van der Waals surface area contributed by atoms with E-state index in [-0.39, 0.29) is 5.82 Å². The monoisotopic (exact) mass is 275 g/mol. The fraction of sp³-hybridized carbons (Fsp3) is 0.562. The van der Waals surface area contributed by atoms with Gasteiger partial charge in [0, 0.05) is 13.1 Å². The third-order valence-electron chi connectivity index (χ3n) is 3.76. The molecule has 2 rings (SSSR count). The first-order chi connectivity index (χ1) is 9.69. The maximum atomic E-state index is 13.1. The number of nitriles is 1. The van der Waals surface area contributed by atoms with E-state index in [9.17, 15) is 4.39 Å². The van der Waals surface area contributed by atoms with Gasteiger partial charge in [0.25, 0.3) is 0 Å². The number of likely N-dealkylation sites (tertiary alicyclic amines) is 1. The molecule has 1 N–H and O–H groups in total. The van der Waals surface area contributed by atoms with E-state index in [1.807, 2.05) is 6.07 Å². The first-order valence-corrected chi connectivity index (χ1v) is 7.35. The first kappa shape index (κ1) is 14.8. The predicted octanol–water partition coefficient (Wildman–Crippen LogP) is 3.23. The fourth-order valence-corrected chi connectivity index (χ4v) is 2.69. The summed E-state index contributed by atoms with van der Waals surface area (Å²) in [4.78, 5) is 2.51. The van der Waals surface area contributed by atoms with Gasteiger partial charge in [0.05, 0.1) is 11.3 Å². The number of rotatable bonds is 5. The molecule has 1 aliphatic rings. The molecule has 1 aliphatic heterocycles. The summed E-state index contributed by atoms with van der Waals surface area (Å²) in [5.74, 6) is 0.137. The van der Waals surface area contributed by atoms with Crippen molar-refractivity contribution >= 4 is 5.69 Å². The second kappa shape index (κ2) is 7.25. The molecule has 1 fully saturated rings. The highest BCUT2D eigenvalue weighted by Gasteiger charge is 2.13. The summed E-state index contributed by atoms with van der Waals surface area (Å²) >= 11 is 0. The minimum atomic E-state index is -0.367. The Morgan fingerprint density at radius 3 is 2.80 bits per heavy atom. The zero-order valence-corrected chi connectivity index (χ0v) is 12.0. The number of nitrogens with zero attached hydrogens (tertiary/aromatic N) is 2. The van der Waals surface area contributed by atoms with E-state index in [0.717, 1.165) is 18.8 Å². The summed E-state index contributed by atoms with van der Waals surface area (Å²) in [5.41, 5.74) is 1.09. The van der Waals surface area contributed by atoms with Crippen molar-refractivity contribution < 1.29 is 4.39 Å². The Kier molecular flexibility index (Phi) is 5.37. The molecule has 3 nitrogen and oxygen atoms in total. The molecule has 0 amide bonds. The molecular weight excluding hydrogens is 253 g/mol. The van der Waals surface area contributed by atoms with Crippen molar-refractivity contribution in [3.63, 3.8) is 0 Å². The topological polar surface area (TPSA) is 39.1 Å². The number of anilines is 1. The minimum Gasteiger partial charge on any atom is -0.384 e. The molecule has 0 aromatic heterocycles. The van der Waals surface area contributed by atoms with Crippen molar-refractivity contribution in [1.29, 1.82) is 5.26 Å². The van der Waals surface area contributed by atoms with E-state index in [0.29, 0.717) is 11.5 Å². The van der Waals surface area contributed by atoms with Crippen molar-refractivity contribution in [3.8, 4) is 6.07 Å². The highest BCUT2D eigenvalue weighted by atomic mass is 19.1. The van der Waals surface area contributed by atoms with E-state index in [4.69, 9.17) is 5.26 Å². The van der Waals surface area contributed by atoms with Gasteiger partial charge in [0.1, 0.15) is 11.9 Å². The van der Waals surface area contributed by atoms with Gasteiger partial charge in [0.2, 0.25) is 0 Å². The Labute approximate surface area is 120 Å². The van der Waals surface area contributed by atoms with Crippen LogP contribution in [-0.4, -0.2) is 31.1 Å². The zero-order chi connectivity index (χ0) is 14.4. The van der Waals surface area contributed by atoms with E-state index < -0.39 is 0 Å². The van der Waals surface area contributed by atoms with Gasteiger partial charge in [-0.1, -0.05) is 13.3 Å². The van der Waals surface area contributed by atoms with Gasteiger partial charge < -0.3 is 10.2 Å². The SMILES string of the molecule is CC(CNc1ccc(F)cc1C#N)CN1CCCCC1. The largest absolute Gasteiger partial charge is 0.384 e. The van der Waals surface area contributed by atoms with Crippen molar-refractivity contribution in [1.82, 2.24) is 4.90 Å². The molecule has 1 unspecified atom stereocenters. The number of halogens is 1. The van der Waals surface area contributed by atoms with Gasteiger partial charge in [-0.2, -0.15) is 5.26 Å². The van der Waals surface area contributed by atoms with Crippen molar-refractivity contribution in [2.24, 2.45) is 5.92 Å². The lowest BCUT2D eigenvalue weighted by atomic mass is 10.1. The maximum Gasteiger partial charge on any atom is 0.124 e. The molecular formula is C16H22FN3. The maximum absolute atomic E-state index is 13.1. The molecule has 0 spiro atoms. The summed E-state index contributed by atoms with van der Waals surface area (Å²) in [6, 6.07) is 6.33. The zero-order valence-electron chi connectivity index (χ0n) is 12.0. The van der Waals surface area contributed by atoms with Crippen LogP contribution in [0.15, 0.2) is 18.2 Å². The smallest absolute Gasteiger partial charge is 0.124 e. The Morgan fingerprint density at radius 2 is 2.10 bits per heavy atom. The molecule has 108 valence electrons. The Bertz CT molecular complexity index is 475. The lowest BCUT2D eigenvalue weighted by molar-refractivity contribution is 0.204. The highest BCUT2D eigenvalue weighted by molar-refractivity contribution is 5.57. The normalized spacial score (nSPS) is 17.4. The van der Waals surface area contributed by atoms with Gasteiger partial charge >= 0.3 is 0 Å². The molecule has 0 aliphatic carbocycles. The quantitative estimate of drug-likeness (QED) is 0.896. The standard InChI is InChI=1S/C16H22FN3/c1-13(12-20-7-3-2-4-8-20)11-19-16-6-5-15(17)9-14(16)10-18/h5-6,9,13,19H,2-4,7-8,11-12H2,1H3. The van der Waals surface area contributed by atoms with Gasteiger partial charge in [-0.3, -0.25) is 0 Å². The molecule has 1 saturated heterocycles. The van der Waals surface area contributed by atoms with Gasteiger partial charge in [-0.15, -0.1) is 0 Å². The average Bonchev–Trinajstić information content (AvgIpc) is 2.47. The van der Waals surface area contributed by atoms with Crippen LogP contribution in [0.1, 0.15) is 31.7 Å². The predicted molar refractivity (Wildman–Crippen MR) is 79.1 cm³/mol. The van der Waals surface area contributed by atoms with Gasteiger partial charge in [-0.25, -0.2) is 4.39 Å². The molecule has 0 radical (unpaired) electrons. The van der Waals surface area contributed by atoms with Crippen molar-refractivity contribution in [3.05, 3.63) is 29.6 Å². The molecule has 0 saturated carbocycles. The first-order valence-electron chi connectivity index (χ1n) is 7.35. The van der Waals surface area contributed by atoms with Crippen LogP contribution in [-0.2, 0) is 0 Å². The van der Waals surface area contributed by atoms with Crippen molar-refractivity contribution in [2.75, 3.05) is 31.5 Å². The number of hydrogen-bond donors (Lipinski definition) is 1. The van der Waals surface area contributed by atoms with E-state index >= 15 is 0 Å². The lowest BCUT2D eigenvalue weighted by Gasteiger charge is -2.29. The van der Waals surface area contributed by atoms with Gasteiger partial charge in [-0.05, 0) is 50.0 Å². The van der Waals surface area contributed by atoms with Crippen LogP contribution in [0.25, 0.3) is 0 Å². The molecule has 1 atom stereocenters. The summed E-state index contributed by atoms with van der Waals surface area (Å²) in [5, 5.41) is 12.3. The number of benzene rings is 1. The van der Waals surface area contributed by atoms with Crippen LogP contribution in [0.3, 0.4) is 0 Å². The summed E-state index contributed by atoms with van der Waals surface area (Å²) in [6.07, 6.45) is 3.96. The fourth-order valence-electron chi connectivity index (χ4n) is 2.69. The lowest BCUT2D eigenvalue weighted by Crippen LogP contribution is -2.35. The summed E-state index contributed by atoms with van der Waals surface area (Å²) in [6.45, 7) is 6.48. The third-order valence-corrected chi connectivity index (χ3v) is 3.76. The van der Waals surface area contributed by atoms with Crippen LogP contribution >= 0.6 is 0 Å². The van der Waals surface area contributed by atoms with Crippen LogP contribution < -0.4 is 5.32 Å². The van der Waals surface area contributed by atoms with Crippen LogP contribution in [0, 0.1) is 23.1 Å². The second-order valence-corrected chi connectivity index (χ2v) is 5.65. The Balaban J connectivity index is 1.83. The summed E-state index contributed by atoms with van der Waals surface area (Å²) < 4.78 is 13.1. The molecule has 1 heterocycles. The Hall–Kier alpha value is -1.60. The van der Waals surface area contributed by atoms with Crippen LogP contribution in [0.2, 0.25) is 0 Å². The van der Waals surface area contributed by atoms with E-state index in [1.165, 1.54) is 44.5 Å². The number of hydrogen-bond acceptors (Lipinski definition) is 3. The highest BCUT2D eigenvalue weighted by Crippen LogP contribution is 2.17. The van der Waals surface area contributed by atoms with Crippen molar-refractivity contribution in [2.45, 2.75) is 26.2 Å². The molecule has 0 bridgehead atoms. The second-order valence-electron chi connectivity index (χ2n) is 5.65. The number of nitrogens with one attached hydrogen (secondary N) is 1. The molecule has 20 heavy (non-hydrogen) atoms. The minimum absolute atomic E-state index is 0.367. The summed E-state index contributed by atoms with van der Waals surface area (Å²) in [7, 11) is 0. The van der Waals surface area contributed by atoms with E-state index in [1.54, 1.807) is 6.07 Å². The Morgan fingerprint density at radius 1 is 1.35 bits per heavy atom. The molecule has 1 aromatic carbocycles. The molecule has 1 aromatic rings. The molecule has 4 heteroatoms.